The Morgan fingerprint density at radius 1 is 1.00 bits per heavy atom. The molecular formula is C28H30N2O3. The van der Waals surface area contributed by atoms with Crippen LogP contribution in [0.2, 0.25) is 0 Å². The van der Waals surface area contributed by atoms with Gasteiger partial charge in [0.1, 0.15) is 12.4 Å². The third-order valence-electron chi connectivity index (χ3n) is 5.75. The van der Waals surface area contributed by atoms with E-state index in [1.165, 1.54) is 5.56 Å². The molecule has 0 fully saturated rings. The van der Waals surface area contributed by atoms with Gasteiger partial charge in [-0.05, 0) is 68.3 Å². The number of H-pyrrole nitrogens is 1. The Morgan fingerprint density at radius 2 is 1.76 bits per heavy atom. The van der Waals surface area contributed by atoms with Crippen molar-refractivity contribution in [1.29, 1.82) is 0 Å². The Bertz CT molecular complexity index is 1220. The minimum Gasteiger partial charge on any atom is -0.489 e. The number of aryl methyl sites for hydroxylation is 2. The molecule has 0 amide bonds. The molecule has 0 spiro atoms. The third kappa shape index (κ3) is 5.37. The second kappa shape index (κ2) is 10.3. The molecule has 4 rings (SSSR count). The van der Waals surface area contributed by atoms with E-state index < -0.39 is 6.10 Å². The summed E-state index contributed by atoms with van der Waals surface area (Å²) in [7, 11) is 0. The minimum absolute atomic E-state index is 0.255. The van der Waals surface area contributed by atoms with Gasteiger partial charge in [0.25, 0.3) is 0 Å². The van der Waals surface area contributed by atoms with E-state index in [0.717, 1.165) is 34.4 Å². The maximum atomic E-state index is 12.9. The monoisotopic (exact) mass is 442 g/mol. The van der Waals surface area contributed by atoms with Crippen LogP contribution in [-0.2, 0) is 4.74 Å². The summed E-state index contributed by atoms with van der Waals surface area (Å²) in [5, 5.41) is 1.01. The van der Waals surface area contributed by atoms with Gasteiger partial charge in [0.15, 0.2) is 6.10 Å². The van der Waals surface area contributed by atoms with Crippen LogP contribution in [0.4, 0.5) is 5.69 Å². The smallest absolute Gasteiger partial charge is 0.338 e. The Hall–Kier alpha value is -3.73. The fraction of sp³-hybridized carbons (Fsp3) is 0.250. The predicted molar refractivity (Wildman–Crippen MR) is 133 cm³/mol. The van der Waals surface area contributed by atoms with E-state index >= 15 is 0 Å². The quantitative estimate of drug-likeness (QED) is 0.327. The molecule has 5 heteroatoms. The molecule has 0 bridgehead atoms. The van der Waals surface area contributed by atoms with Gasteiger partial charge in [0.2, 0.25) is 0 Å². The summed E-state index contributed by atoms with van der Waals surface area (Å²) >= 11 is 0. The lowest BCUT2D eigenvalue weighted by molar-refractivity contribution is 0.0198. The Morgan fingerprint density at radius 3 is 2.52 bits per heavy atom. The molecule has 0 aliphatic carbocycles. The van der Waals surface area contributed by atoms with E-state index in [1.807, 2.05) is 55.6 Å². The number of anilines is 1. The van der Waals surface area contributed by atoms with Crippen LogP contribution in [0.15, 0.2) is 79.0 Å². The average molecular weight is 443 g/mol. The van der Waals surface area contributed by atoms with Crippen molar-refractivity contribution in [3.8, 4) is 5.75 Å². The van der Waals surface area contributed by atoms with Crippen molar-refractivity contribution in [2.24, 2.45) is 0 Å². The van der Waals surface area contributed by atoms with Crippen molar-refractivity contribution in [2.75, 3.05) is 24.6 Å². The number of ether oxygens (including phenoxy) is 2. The lowest BCUT2D eigenvalue weighted by Gasteiger charge is -2.29. The van der Waals surface area contributed by atoms with Gasteiger partial charge < -0.3 is 19.4 Å². The number of nitrogens with one attached hydrogen (secondary N) is 1. The molecule has 4 aromatic rings. The number of hydrogen-bond acceptors (Lipinski definition) is 4. The van der Waals surface area contributed by atoms with Crippen molar-refractivity contribution in [1.82, 2.24) is 4.98 Å². The van der Waals surface area contributed by atoms with Crippen molar-refractivity contribution >= 4 is 22.6 Å². The number of carbonyl (C=O) groups is 1. The normalized spacial score (nSPS) is 11.8. The molecular weight excluding hydrogens is 412 g/mol. The van der Waals surface area contributed by atoms with Crippen LogP contribution in [0, 0.1) is 13.8 Å². The summed E-state index contributed by atoms with van der Waals surface area (Å²) in [5.41, 5.74) is 4.97. The molecule has 170 valence electrons. The summed E-state index contributed by atoms with van der Waals surface area (Å²) in [5.74, 6) is 0.437. The summed E-state index contributed by atoms with van der Waals surface area (Å²) in [4.78, 5) is 18.3. The van der Waals surface area contributed by atoms with Gasteiger partial charge in [0, 0.05) is 29.3 Å². The Balaban J connectivity index is 1.57. The fourth-order valence-corrected chi connectivity index (χ4v) is 4.05. The van der Waals surface area contributed by atoms with E-state index in [-0.39, 0.29) is 12.6 Å². The number of fused-ring (bicyclic) bond motifs is 1. The zero-order valence-corrected chi connectivity index (χ0v) is 19.4. The SMILES string of the molecule is CCN(CC(COc1cc(C)cc2[nH]ccc12)OC(=O)c1ccccc1)c1ccccc1C. The van der Waals surface area contributed by atoms with Crippen LogP contribution >= 0.6 is 0 Å². The molecule has 1 atom stereocenters. The Kier molecular flexibility index (Phi) is 6.98. The standard InChI is InChI=1S/C28H30N2O3/c1-4-30(26-13-9-8-10-21(26)3)18-23(33-28(31)22-11-6-5-7-12-22)19-32-27-17-20(2)16-25-24(27)14-15-29-25/h5-17,23,29H,4,18-19H2,1-3H3. The third-order valence-corrected chi connectivity index (χ3v) is 5.75. The lowest BCUT2D eigenvalue weighted by Crippen LogP contribution is -2.39. The summed E-state index contributed by atoms with van der Waals surface area (Å²) in [6.45, 7) is 7.81. The first kappa shape index (κ1) is 22.5. The van der Waals surface area contributed by atoms with E-state index in [1.54, 1.807) is 12.1 Å². The molecule has 1 heterocycles. The number of rotatable bonds is 9. The van der Waals surface area contributed by atoms with Crippen LogP contribution in [0.1, 0.15) is 28.4 Å². The minimum atomic E-state index is -0.452. The molecule has 0 aliphatic rings. The van der Waals surface area contributed by atoms with Crippen LogP contribution in [0.3, 0.4) is 0 Å². The first-order chi connectivity index (χ1) is 16.0. The number of benzene rings is 3. The van der Waals surface area contributed by atoms with E-state index in [4.69, 9.17) is 9.47 Å². The highest BCUT2D eigenvalue weighted by atomic mass is 16.6. The second-order valence-electron chi connectivity index (χ2n) is 8.23. The highest BCUT2D eigenvalue weighted by Gasteiger charge is 2.21. The fourth-order valence-electron chi connectivity index (χ4n) is 4.05. The van der Waals surface area contributed by atoms with Crippen molar-refractivity contribution in [3.05, 3.63) is 95.7 Å². The van der Waals surface area contributed by atoms with Gasteiger partial charge in [-0.1, -0.05) is 36.4 Å². The van der Waals surface area contributed by atoms with Gasteiger partial charge in [-0.2, -0.15) is 0 Å². The number of nitrogens with zero attached hydrogens (tertiary/aromatic N) is 1. The van der Waals surface area contributed by atoms with Crippen LogP contribution in [-0.4, -0.2) is 36.8 Å². The maximum Gasteiger partial charge on any atom is 0.338 e. The van der Waals surface area contributed by atoms with Crippen LogP contribution in [0.5, 0.6) is 5.75 Å². The van der Waals surface area contributed by atoms with E-state index in [0.29, 0.717) is 12.1 Å². The van der Waals surface area contributed by atoms with Gasteiger partial charge in [-0.15, -0.1) is 0 Å². The molecule has 0 saturated heterocycles. The van der Waals surface area contributed by atoms with E-state index in [2.05, 4.69) is 41.9 Å². The first-order valence-corrected chi connectivity index (χ1v) is 11.3. The lowest BCUT2D eigenvalue weighted by atomic mass is 10.1. The first-order valence-electron chi connectivity index (χ1n) is 11.3. The van der Waals surface area contributed by atoms with Gasteiger partial charge in [0.05, 0.1) is 12.1 Å². The summed E-state index contributed by atoms with van der Waals surface area (Å²) < 4.78 is 12.2. The summed E-state index contributed by atoms with van der Waals surface area (Å²) in [6, 6.07) is 23.4. The maximum absolute atomic E-state index is 12.9. The zero-order chi connectivity index (χ0) is 23.2. The molecule has 3 aromatic carbocycles. The molecule has 0 aliphatic heterocycles. The van der Waals surface area contributed by atoms with E-state index in [9.17, 15) is 4.79 Å². The van der Waals surface area contributed by atoms with Gasteiger partial charge in [-0.3, -0.25) is 0 Å². The van der Waals surface area contributed by atoms with Gasteiger partial charge >= 0.3 is 5.97 Å². The number of aromatic nitrogens is 1. The van der Waals surface area contributed by atoms with Crippen LogP contribution < -0.4 is 9.64 Å². The highest BCUT2D eigenvalue weighted by Crippen LogP contribution is 2.27. The molecule has 0 saturated carbocycles. The molecule has 1 unspecified atom stereocenters. The van der Waals surface area contributed by atoms with Crippen molar-refractivity contribution in [2.45, 2.75) is 26.9 Å². The number of para-hydroxylation sites is 1. The topological polar surface area (TPSA) is 54.6 Å². The highest BCUT2D eigenvalue weighted by molar-refractivity contribution is 5.89. The number of hydrogen-bond donors (Lipinski definition) is 1. The number of carbonyl (C=O) groups excluding carboxylic acids is 1. The van der Waals surface area contributed by atoms with Crippen molar-refractivity contribution < 1.29 is 14.3 Å². The molecule has 1 aromatic heterocycles. The summed E-state index contributed by atoms with van der Waals surface area (Å²) in [6.07, 6.45) is 1.45. The predicted octanol–water partition coefficient (Wildman–Crippen LogP) is 5.92. The molecule has 1 N–H and O–H groups in total. The Labute approximate surface area is 195 Å². The average Bonchev–Trinajstić information content (AvgIpc) is 3.30. The molecule has 33 heavy (non-hydrogen) atoms. The van der Waals surface area contributed by atoms with Gasteiger partial charge in [-0.25, -0.2) is 4.79 Å². The number of aromatic amines is 1. The molecule has 5 nitrogen and oxygen atoms in total. The second-order valence-corrected chi connectivity index (χ2v) is 8.23. The van der Waals surface area contributed by atoms with Crippen molar-refractivity contribution in [3.63, 3.8) is 0 Å². The largest absolute Gasteiger partial charge is 0.489 e. The number of likely N-dealkylation sites (N-methyl/N-ethyl adjacent to an activating group) is 1. The van der Waals surface area contributed by atoms with Crippen LogP contribution in [0.25, 0.3) is 10.9 Å². The molecule has 0 radical (unpaired) electrons. The zero-order valence-electron chi connectivity index (χ0n) is 19.4. The number of esters is 1.